The van der Waals surface area contributed by atoms with Gasteiger partial charge in [0.1, 0.15) is 0 Å². The van der Waals surface area contributed by atoms with Crippen LogP contribution in [0.3, 0.4) is 0 Å². The standard InChI is InChI=1S/C15H26N2/c1-13-8-5-6-9-14(13)12-17(4)11-7-10-15(2,3)16/h5-6,8-9H,7,10-12,16H2,1-4H3. The molecule has 1 aromatic carbocycles. The fourth-order valence-electron chi connectivity index (χ4n) is 1.96. The molecule has 0 saturated carbocycles. The Hall–Kier alpha value is -0.860. The summed E-state index contributed by atoms with van der Waals surface area (Å²) in [5, 5.41) is 0. The molecule has 17 heavy (non-hydrogen) atoms. The average Bonchev–Trinajstić information content (AvgIpc) is 2.19. The van der Waals surface area contributed by atoms with Crippen LogP contribution in [-0.4, -0.2) is 24.0 Å². The fraction of sp³-hybridized carbons (Fsp3) is 0.600. The highest BCUT2D eigenvalue weighted by Crippen LogP contribution is 2.11. The number of nitrogens with two attached hydrogens (primary N) is 1. The molecule has 0 fully saturated rings. The van der Waals surface area contributed by atoms with Gasteiger partial charge in [-0.25, -0.2) is 0 Å². The van der Waals surface area contributed by atoms with Crippen LogP contribution < -0.4 is 5.73 Å². The predicted octanol–water partition coefficient (Wildman–Crippen LogP) is 2.94. The van der Waals surface area contributed by atoms with Gasteiger partial charge >= 0.3 is 0 Å². The Morgan fingerprint density at radius 2 is 1.88 bits per heavy atom. The molecular weight excluding hydrogens is 208 g/mol. The summed E-state index contributed by atoms with van der Waals surface area (Å²) >= 11 is 0. The lowest BCUT2D eigenvalue weighted by Gasteiger charge is -2.22. The summed E-state index contributed by atoms with van der Waals surface area (Å²) in [5.74, 6) is 0. The van der Waals surface area contributed by atoms with Crippen molar-refractivity contribution in [3.8, 4) is 0 Å². The zero-order chi connectivity index (χ0) is 12.9. The van der Waals surface area contributed by atoms with Crippen LogP contribution in [0.1, 0.15) is 37.8 Å². The lowest BCUT2D eigenvalue weighted by atomic mass is 10.00. The second-order valence-corrected chi connectivity index (χ2v) is 5.76. The van der Waals surface area contributed by atoms with Crippen LogP contribution in [0.2, 0.25) is 0 Å². The Morgan fingerprint density at radius 1 is 1.24 bits per heavy atom. The van der Waals surface area contributed by atoms with Crippen molar-refractivity contribution < 1.29 is 0 Å². The molecule has 2 heteroatoms. The predicted molar refractivity (Wildman–Crippen MR) is 75.0 cm³/mol. The second kappa shape index (κ2) is 6.18. The first-order valence-corrected chi connectivity index (χ1v) is 6.40. The Kier molecular flexibility index (Phi) is 5.16. The Bertz CT molecular complexity index is 339. The minimum atomic E-state index is -0.0382. The third kappa shape index (κ3) is 5.85. The Morgan fingerprint density at radius 3 is 2.47 bits per heavy atom. The van der Waals surface area contributed by atoms with Crippen molar-refractivity contribution in [2.75, 3.05) is 13.6 Å². The summed E-state index contributed by atoms with van der Waals surface area (Å²) in [7, 11) is 2.18. The highest BCUT2D eigenvalue weighted by molar-refractivity contribution is 5.25. The molecular formula is C15H26N2. The van der Waals surface area contributed by atoms with E-state index in [1.54, 1.807) is 0 Å². The van der Waals surface area contributed by atoms with E-state index in [9.17, 15) is 0 Å². The first-order valence-electron chi connectivity index (χ1n) is 6.40. The maximum Gasteiger partial charge on any atom is 0.0233 e. The monoisotopic (exact) mass is 234 g/mol. The Labute approximate surface area is 106 Å². The minimum Gasteiger partial charge on any atom is -0.326 e. The molecule has 0 bridgehead atoms. The van der Waals surface area contributed by atoms with Gasteiger partial charge in [-0.2, -0.15) is 0 Å². The lowest BCUT2D eigenvalue weighted by Crippen LogP contribution is -2.33. The molecule has 0 aliphatic carbocycles. The molecule has 0 heterocycles. The van der Waals surface area contributed by atoms with Gasteiger partial charge in [0.15, 0.2) is 0 Å². The molecule has 0 atom stereocenters. The summed E-state index contributed by atoms with van der Waals surface area (Å²) in [6, 6.07) is 8.58. The van der Waals surface area contributed by atoms with Gasteiger partial charge in [-0.3, -0.25) is 0 Å². The van der Waals surface area contributed by atoms with Crippen molar-refractivity contribution in [3.63, 3.8) is 0 Å². The highest BCUT2D eigenvalue weighted by Gasteiger charge is 2.10. The molecule has 0 amide bonds. The lowest BCUT2D eigenvalue weighted by molar-refractivity contribution is 0.302. The fourth-order valence-corrected chi connectivity index (χ4v) is 1.96. The highest BCUT2D eigenvalue weighted by atomic mass is 15.1. The molecule has 2 nitrogen and oxygen atoms in total. The molecule has 1 aromatic rings. The minimum absolute atomic E-state index is 0.0382. The van der Waals surface area contributed by atoms with E-state index >= 15 is 0 Å². The van der Waals surface area contributed by atoms with E-state index in [-0.39, 0.29) is 5.54 Å². The second-order valence-electron chi connectivity index (χ2n) is 5.76. The quantitative estimate of drug-likeness (QED) is 0.820. The van der Waals surface area contributed by atoms with Gasteiger partial charge in [-0.1, -0.05) is 24.3 Å². The van der Waals surface area contributed by atoms with Crippen LogP contribution in [0.4, 0.5) is 0 Å². The Balaban J connectivity index is 2.35. The molecule has 0 aromatic heterocycles. The molecule has 2 N–H and O–H groups in total. The number of rotatable bonds is 6. The van der Waals surface area contributed by atoms with Crippen LogP contribution in [0.25, 0.3) is 0 Å². The van der Waals surface area contributed by atoms with E-state index in [1.807, 2.05) is 0 Å². The maximum absolute atomic E-state index is 5.98. The van der Waals surface area contributed by atoms with E-state index in [0.717, 1.165) is 25.9 Å². The molecule has 1 rings (SSSR count). The smallest absolute Gasteiger partial charge is 0.0233 e. The third-order valence-electron chi connectivity index (χ3n) is 3.06. The van der Waals surface area contributed by atoms with E-state index in [2.05, 4.69) is 57.0 Å². The van der Waals surface area contributed by atoms with E-state index in [1.165, 1.54) is 11.1 Å². The van der Waals surface area contributed by atoms with Crippen LogP contribution in [0.15, 0.2) is 24.3 Å². The van der Waals surface area contributed by atoms with Gasteiger partial charge < -0.3 is 10.6 Å². The largest absolute Gasteiger partial charge is 0.326 e. The summed E-state index contributed by atoms with van der Waals surface area (Å²) in [4.78, 5) is 2.37. The van der Waals surface area contributed by atoms with Gasteiger partial charge in [0.25, 0.3) is 0 Å². The van der Waals surface area contributed by atoms with E-state index in [0.29, 0.717) is 0 Å². The zero-order valence-corrected chi connectivity index (χ0v) is 11.7. The van der Waals surface area contributed by atoms with E-state index in [4.69, 9.17) is 5.73 Å². The number of hydrogen-bond acceptors (Lipinski definition) is 2. The summed E-state index contributed by atoms with van der Waals surface area (Å²) in [6.45, 7) is 8.49. The van der Waals surface area contributed by atoms with Crippen LogP contribution >= 0.6 is 0 Å². The van der Waals surface area contributed by atoms with E-state index < -0.39 is 0 Å². The first kappa shape index (κ1) is 14.2. The van der Waals surface area contributed by atoms with Crippen molar-refractivity contribution in [1.82, 2.24) is 4.90 Å². The van der Waals surface area contributed by atoms with Gasteiger partial charge in [0.05, 0.1) is 0 Å². The summed E-state index contributed by atoms with van der Waals surface area (Å²) in [5.41, 5.74) is 8.73. The number of aryl methyl sites for hydroxylation is 1. The number of nitrogens with zero attached hydrogens (tertiary/aromatic N) is 1. The molecule has 0 aliphatic heterocycles. The van der Waals surface area contributed by atoms with Crippen LogP contribution in [-0.2, 0) is 6.54 Å². The van der Waals surface area contributed by atoms with Gasteiger partial charge in [0.2, 0.25) is 0 Å². The van der Waals surface area contributed by atoms with Gasteiger partial charge in [-0.15, -0.1) is 0 Å². The third-order valence-corrected chi connectivity index (χ3v) is 3.06. The van der Waals surface area contributed by atoms with Gasteiger partial charge in [0, 0.05) is 12.1 Å². The molecule has 0 saturated heterocycles. The average molecular weight is 234 g/mol. The van der Waals surface area contributed by atoms with Crippen molar-refractivity contribution in [1.29, 1.82) is 0 Å². The first-order chi connectivity index (χ1) is 7.88. The number of benzene rings is 1. The molecule has 96 valence electrons. The van der Waals surface area contributed by atoms with Crippen molar-refractivity contribution in [3.05, 3.63) is 35.4 Å². The summed E-state index contributed by atoms with van der Waals surface area (Å²) in [6.07, 6.45) is 2.23. The number of hydrogen-bond donors (Lipinski definition) is 1. The SMILES string of the molecule is Cc1ccccc1CN(C)CCCC(C)(C)N. The zero-order valence-electron chi connectivity index (χ0n) is 11.7. The van der Waals surface area contributed by atoms with Crippen molar-refractivity contribution in [2.45, 2.75) is 45.7 Å². The molecule has 0 spiro atoms. The molecule has 0 unspecified atom stereocenters. The van der Waals surface area contributed by atoms with Gasteiger partial charge in [-0.05, 0) is 58.3 Å². The maximum atomic E-state index is 5.98. The summed E-state index contributed by atoms with van der Waals surface area (Å²) < 4.78 is 0. The van der Waals surface area contributed by atoms with Crippen molar-refractivity contribution >= 4 is 0 Å². The van der Waals surface area contributed by atoms with Crippen LogP contribution in [0.5, 0.6) is 0 Å². The molecule has 0 aliphatic rings. The normalized spacial score (nSPS) is 12.1. The van der Waals surface area contributed by atoms with Crippen molar-refractivity contribution in [2.24, 2.45) is 5.73 Å². The molecule has 0 radical (unpaired) electrons. The van der Waals surface area contributed by atoms with Crippen LogP contribution in [0, 0.1) is 6.92 Å². The topological polar surface area (TPSA) is 29.3 Å².